The van der Waals surface area contributed by atoms with Gasteiger partial charge in [0.1, 0.15) is 0 Å². The molecule has 0 saturated heterocycles. The molecular formula is C17H27N3. The molecule has 0 aromatic carbocycles. The van der Waals surface area contributed by atoms with Gasteiger partial charge in [0, 0.05) is 23.8 Å². The van der Waals surface area contributed by atoms with Gasteiger partial charge in [-0.2, -0.15) is 5.10 Å². The lowest BCUT2D eigenvalue weighted by molar-refractivity contribution is -0.0953. The highest BCUT2D eigenvalue weighted by molar-refractivity contribution is 5.24. The van der Waals surface area contributed by atoms with Crippen molar-refractivity contribution >= 4 is 0 Å². The van der Waals surface area contributed by atoms with Crippen molar-refractivity contribution in [1.29, 1.82) is 0 Å². The summed E-state index contributed by atoms with van der Waals surface area (Å²) in [5, 5.41) is 4.47. The summed E-state index contributed by atoms with van der Waals surface area (Å²) >= 11 is 0. The molecule has 4 bridgehead atoms. The van der Waals surface area contributed by atoms with Crippen molar-refractivity contribution in [3.63, 3.8) is 0 Å². The standard InChI is InChI=1S/C17H27N3/c1-3-20-11-15(10-19-20)16(2,18)17-7-12-4-13(8-17)6-14(5-12)9-17/h10-14H,3-9,18H2,1-2H3. The van der Waals surface area contributed by atoms with Crippen molar-refractivity contribution in [3.8, 4) is 0 Å². The van der Waals surface area contributed by atoms with Crippen LogP contribution >= 0.6 is 0 Å². The van der Waals surface area contributed by atoms with E-state index in [1.54, 1.807) is 0 Å². The van der Waals surface area contributed by atoms with Crippen LogP contribution in [0.2, 0.25) is 0 Å². The molecule has 2 N–H and O–H groups in total. The van der Waals surface area contributed by atoms with Gasteiger partial charge in [-0.3, -0.25) is 4.68 Å². The Morgan fingerprint density at radius 3 is 2.25 bits per heavy atom. The monoisotopic (exact) mass is 273 g/mol. The third-order valence-corrected chi connectivity index (χ3v) is 6.70. The molecule has 1 aromatic heterocycles. The zero-order chi connectivity index (χ0) is 14.0. The average Bonchev–Trinajstić information content (AvgIpc) is 2.86. The number of hydrogen-bond donors (Lipinski definition) is 1. The molecule has 3 nitrogen and oxygen atoms in total. The highest BCUT2D eigenvalue weighted by Crippen LogP contribution is 2.64. The fraction of sp³-hybridized carbons (Fsp3) is 0.824. The highest BCUT2D eigenvalue weighted by atomic mass is 15.3. The van der Waals surface area contributed by atoms with E-state index in [0.29, 0.717) is 5.41 Å². The Morgan fingerprint density at radius 2 is 1.80 bits per heavy atom. The van der Waals surface area contributed by atoms with Crippen molar-refractivity contribution in [2.45, 2.75) is 64.5 Å². The molecule has 20 heavy (non-hydrogen) atoms. The van der Waals surface area contributed by atoms with E-state index in [1.807, 2.05) is 10.9 Å². The molecule has 1 heterocycles. The first-order chi connectivity index (χ1) is 9.52. The summed E-state index contributed by atoms with van der Waals surface area (Å²) < 4.78 is 2.01. The minimum absolute atomic E-state index is 0.212. The van der Waals surface area contributed by atoms with Crippen molar-refractivity contribution in [2.75, 3.05) is 0 Å². The maximum Gasteiger partial charge on any atom is 0.0540 e. The van der Waals surface area contributed by atoms with Gasteiger partial charge < -0.3 is 5.73 Å². The van der Waals surface area contributed by atoms with Gasteiger partial charge in [0.05, 0.1) is 6.20 Å². The third-order valence-electron chi connectivity index (χ3n) is 6.70. The Morgan fingerprint density at radius 1 is 1.25 bits per heavy atom. The molecule has 1 unspecified atom stereocenters. The van der Waals surface area contributed by atoms with Crippen LogP contribution in [0.5, 0.6) is 0 Å². The molecule has 0 aliphatic heterocycles. The molecule has 5 rings (SSSR count). The van der Waals surface area contributed by atoms with Crippen LogP contribution in [0, 0.1) is 23.2 Å². The summed E-state index contributed by atoms with van der Waals surface area (Å²) in [5.74, 6) is 2.85. The van der Waals surface area contributed by atoms with Crippen molar-refractivity contribution in [3.05, 3.63) is 18.0 Å². The molecule has 0 spiro atoms. The summed E-state index contributed by atoms with van der Waals surface area (Å²) in [5.41, 5.74) is 8.33. The van der Waals surface area contributed by atoms with Crippen LogP contribution in [0.15, 0.2) is 12.4 Å². The van der Waals surface area contributed by atoms with Crippen LogP contribution in [0.4, 0.5) is 0 Å². The van der Waals surface area contributed by atoms with E-state index in [0.717, 1.165) is 24.3 Å². The second-order valence-electron chi connectivity index (χ2n) is 7.98. The Hall–Kier alpha value is -0.830. The van der Waals surface area contributed by atoms with E-state index >= 15 is 0 Å². The quantitative estimate of drug-likeness (QED) is 0.918. The van der Waals surface area contributed by atoms with Gasteiger partial charge in [0.2, 0.25) is 0 Å². The molecule has 4 saturated carbocycles. The SMILES string of the molecule is CCn1cc(C(C)(N)C23CC4CC(CC(C4)C2)C3)cn1. The zero-order valence-electron chi connectivity index (χ0n) is 12.8. The van der Waals surface area contributed by atoms with Crippen LogP contribution in [-0.4, -0.2) is 9.78 Å². The lowest BCUT2D eigenvalue weighted by Crippen LogP contribution is -2.59. The first kappa shape index (κ1) is 12.9. The fourth-order valence-electron chi connectivity index (χ4n) is 5.86. The Labute approximate surface area is 121 Å². The van der Waals surface area contributed by atoms with Gasteiger partial charge in [-0.05, 0) is 75.5 Å². The maximum atomic E-state index is 6.95. The molecule has 0 amide bonds. The number of nitrogens with zero attached hydrogens (tertiary/aromatic N) is 2. The van der Waals surface area contributed by atoms with E-state index in [1.165, 1.54) is 44.1 Å². The van der Waals surface area contributed by atoms with Crippen molar-refractivity contribution < 1.29 is 0 Å². The van der Waals surface area contributed by atoms with Crippen LogP contribution in [0.25, 0.3) is 0 Å². The second-order valence-corrected chi connectivity index (χ2v) is 7.98. The summed E-state index contributed by atoms with van der Waals surface area (Å²) in [6.07, 6.45) is 12.7. The van der Waals surface area contributed by atoms with Crippen molar-refractivity contribution in [2.24, 2.45) is 28.9 Å². The number of hydrogen-bond acceptors (Lipinski definition) is 2. The van der Waals surface area contributed by atoms with Gasteiger partial charge in [-0.1, -0.05) is 0 Å². The third kappa shape index (κ3) is 1.65. The summed E-state index contributed by atoms with van der Waals surface area (Å²) in [6.45, 7) is 5.34. The summed E-state index contributed by atoms with van der Waals surface area (Å²) in [4.78, 5) is 0. The van der Waals surface area contributed by atoms with Gasteiger partial charge in [-0.25, -0.2) is 0 Å². The lowest BCUT2D eigenvalue weighted by Gasteiger charge is -2.62. The van der Waals surface area contributed by atoms with Crippen LogP contribution in [0.1, 0.15) is 57.9 Å². The molecule has 4 fully saturated rings. The topological polar surface area (TPSA) is 43.8 Å². The van der Waals surface area contributed by atoms with E-state index in [9.17, 15) is 0 Å². The zero-order valence-corrected chi connectivity index (χ0v) is 12.8. The van der Waals surface area contributed by atoms with Crippen LogP contribution in [-0.2, 0) is 12.1 Å². The second kappa shape index (κ2) is 4.09. The Kier molecular flexibility index (Phi) is 2.64. The van der Waals surface area contributed by atoms with E-state index in [2.05, 4.69) is 25.1 Å². The minimum atomic E-state index is -0.212. The first-order valence-electron chi connectivity index (χ1n) is 8.34. The van der Waals surface area contributed by atoms with Gasteiger partial charge >= 0.3 is 0 Å². The number of rotatable bonds is 3. The molecule has 4 aliphatic carbocycles. The molecule has 3 heteroatoms. The fourth-order valence-corrected chi connectivity index (χ4v) is 5.86. The number of aromatic nitrogens is 2. The summed E-state index contributed by atoms with van der Waals surface area (Å²) in [6, 6.07) is 0. The molecular weight excluding hydrogens is 246 g/mol. The predicted octanol–water partition coefficient (Wildman–Crippen LogP) is 3.29. The van der Waals surface area contributed by atoms with E-state index in [4.69, 9.17) is 5.73 Å². The molecule has 4 aliphatic rings. The Bertz CT molecular complexity index is 479. The predicted molar refractivity (Wildman–Crippen MR) is 80.0 cm³/mol. The van der Waals surface area contributed by atoms with E-state index in [-0.39, 0.29) is 5.54 Å². The van der Waals surface area contributed by atoms with Gasteiger partial charge in [-0.15, -0.1) is 0 Å². The molecule has 110 valence electrons. The molecule has 1 atom stereocenters. The average molecular weight is 273 g/mol. The maximum absolute atomic E-state index is 6.95. The first-order valence-corrected chi connectivity index (χ1v) is 8.34. The molecule has 0 radical (unpaired) electrons. The van der Waals surface area contributed by atoms with Gasteiger partial charge in [0.15, 0.2) is 0 Å². The summed E-state index contributed by atoms with van der Waals surface area (Å²) in [7, 11) is 0. The van der Waals surface area contributed by atoms with Crippen LogP contribution < -0.4 is 5.73 Å². The smallest absolute Gasteiger partial charge is 0.0540 e. The van der Waals surface area contributed by atoms with Crippen molar-refractivity contribution in [1.82, 2.24) is 9.78 Å². The largest absolute Gasteiger partial charge is 0.321 e. The minimum Gasteiger partial charge on any atom is -0.321 e. The normalized spacial score (nSPS) is 41.9. The molecule has 1 aromatic rings. The van der Waals surface area contributed by atoms with Crippen LogP contribution in [0.3, 0.4) is 0 Å². The lowest BCUT2D eigenvalue weighted by atomic mass is 9.44. The number of nitrogens with two attached hydrogens (primary N) is 1. The number of aryl methyl sites for hydroxylation is 1. The van der Waals surface area contributed by atoms with Gasteiger partial charge in [0.25, 0.3) is 0 Å². The highest BCUT2D eigenvalue weighted by Gasteiger charge is 2.58. The van der Waals surface area contributed by atoms with E-state index < -0.39 is 0 Å². The Balaban J connectivity index is 1.71.